The van der Waals surface area contributed by atoms with E-state index < -0.39 is 22.0 Å². The van der Waals surface area contributed by atoms with Gasteiger partial charge >= 0.3 is 0 Å². The first-order valence-electron chi connectivity index (χ1n) is 11.9. The van der Waals surface area contributed by atoms with Crippen molar-refractivity contribution in [3.05, 3.63) is 0 Å². The molecule has 1 aliphatic heterocycles. The zero-order valence-corrected chi connectivity index (χ0v) is 20.0. The van der Waals surface area contributed by atoms with E-state index in [4.69, 9.17) is 4.55 Å². The van der Waals surface area contributed by atoms with Crippen LogP contribution in [0.1, 0.15) is 84.0 Å². The molecule has 1 heterocycles. The highest BCUT2D eigenvalue weighted by Gasteiger charge is 2.43. The highest BCUT2D eigenvalue weighted by Crippen LogP contribution is 2.20. The Hall–Kier alpha value is -0.870. The number of hydrogen-bond donors (Lipinski definition) is 3. The predicted octanol–water partition coefficient (Wildman–Crippen LogP) is 2.73. The van der Waals surface area contributed by atoms with Crippen molar-refractivity contribution in [3.63, 3.8) is 0 Å². The van der Waals surface area contributed by atoms with E-state index in [1.165, 1.54) is 51.4 Å². The van der Waals surface area contributed by atoms with Gasteiger partial charge in [0.05, 0.1) is 13.2 Å². The Balaban J connectivity index is 2.38. The van der Waals surface area contributed by atoms with E-state index in [0.717, 1.165) is 19.3 Å². The summed E-state index contributed by atoms with van der Waals surface area (Å²) in [5, 5.41) is 19.6. The van der Waals surface area contributed by atoms with Crippen LogP contribution in [0.5, 0.6) is 0 Å². The van der Waals surface area contributed by atoms with Crippen molar-refractivity contribution in [2.24, 2.45) is 4.99 Å². The molecular weight excluding hydrogens is 420 g/mol. The number of aliphatic imine (C=N–C) groups is 1. The van der Waals surface area contributed by atoms with E-state index in [2.05, 4.69) is 11.9 Å². The Kier molecular flexibility index (Phi) is 13.7. The maximum Gasteiger partial charge on any atom is 0.267 e. The molecule has 182 valence electrons. The lowest BCUT2D eigenvalue weighted by molar-refractivity contribution is -0.837. The molecule has 0 amide bonds. The molecule has 0 aromatic rings. The quantitative estimate of drug-likeness (QED) is 0.154. The van der Waals surface area contributed by atoms with Gasteiger partial charge < -0.3 is 10.2 Å². The summed E-state index contributed by atoms with van der Waals surface area (Å²) in [5.41, 5.74) is 0. The third-order valence-corrected chi connectivity index (χ3v) is 6.79. The monoisotopic (exact) mass is 463 g/mol. The third-order valence-electron chi connectivity index (χ3n) is 5.99. The van der Waals surface area contributed by atoms with Crippen molar-refractivity contribution < 1.29 is 32.5 Å². The predicted molar refractivity (Wildman–Crippen MR) is 123 cm³/mol. The van der Waals surface area contributed by atoms with Crippen molar-refractivity contribution in [3.8, 4) is 0 Å². The number of rotatable bonds is 19. The number of nitrogens with zero attached hydrogens (tertiary/aromatic N) is 2. The number of carbonyl (C=O) groups excluding carboxylic acids is 1. The number of aliphatic hydroxyl groups excluding tert-OH is 2. The van der Waals surface area contributed by atoms with Gasteiger partial charge in [-0.2, -0.15) is 8.42 Å². The van der Waals surface area contributed by atoms with Gasteiger partial charge in [-0.05, 0) is 6.42 Å². The molecule has 8 nitrogen and oxygen atoms in total. The van der Waals surface area contributed by atoms with Gasteiger partial charge in [-0.25, -0.2) is 4.99 Å². The molecule has 0 spiro atoms. The molecular formula is C22H43N2O6S+. The second-order valence-electron chi connectivity index (χ2n) is 8.81. The first kappa shape index (κ1) is 28.2. The van der Waals surface area contributed by atoms with Crippen LogP contribution in [0, 0.1) is 0 Å². The molecule has 0 aromatic carbocycles. The van der Waals surface area contributed by atoms with Gasteiger partial charge in [-0.1, -0.05) is 71.1 Å². The lowest BCUT2D eigenvalue weighted by Gasteiger charge is -2.34. The van der Waals surface area contributed by atoms with Crippen molar-refractivity contribution >= 4 is 21.7 Å². The maximum absolute atomic E-state index is 12.8. The lowest BCUT2D eigenvalue weighted by atomic mass is 10.0. The first-order valence-corrected chi connectivity index (χ1v) is 13.5. The van der Waals surface area contributed by atoms with Gasteiger partial charge in [-0.3, -0.25) is 13.8 Å². The van der Waals surface area contributed by atoms with E-state index in [1.54, 1.807) is 0 Å². The largest absolute Gasteiger partial charge is 0.390 e. The average molecular weight is 464 g/mol. The molecule has 0 aromatic heterocycles. The summed E-state index contributed by atoms with van der Waals surface area (Å²) in [5.74, 6) is -0.574. The fraction of sp³-hybridized carbons (Fsp3) is 0.909. The molecule has 2 unspecified atom stereocenters. The van der Waals surface area contributed by atoms with Gasteiger partial charge in [0.15, 0.2) is 0 Å². The summed E-state index contributed by atoms with van der Waals surface area (Å²) in [7, 11) is -4.33. The summed E-state index contributed by atoms with van der Waals surface area (Å²) in [4.78, 5) is 17.1. The van der Waals surface area contributed by atoms with Crippen LogP contribution in [-0.2, 0) is 14.9 Å². The number of amidine groups is 1. The van der Waals surface area contributed by atoms with Crippen LogP contribution >= 0.6 is 0 Å². The molecule has 1 rings (SSSR count). The molecule has 0 aliphatic carbocycles. The number of hydrogen-bond acceptors (Lipinski definition) is 6. The molecule has 0 fully saturated rings. The number of ketones is 1. The summed E-state index contributed by atoms with van der Waals surface area (Å²) in [6.45, 7) is 2.97. The van der Waals surface area contributed by atoms with E-state index in [0.29, 0.717) is 25.3 Å². The van der Waals surface area contributed by atoms with Crippen LogP contribution in [0.3, 0.4) is 0 Å². The van der Waals surface area contributed by atoms with Crippen LogP contribution in [-0.4, -0.2) is 83.9 Å². The minimum atomic E-state index is -4.33. The van der Waals surface area contributed by atoms with E-state index in [1.807, 2.05) is 0 Å². The van der Waals surface area contributed by atoms with Crippen molar-refractivity contribution in [2.45, 2.75) is 90.1 Å². The standard InChI is InChI=1S/C22H42N2O6S/c1-2-3-4-5-6-7-8-9-10-11-12-13-21(27)22-23-14-15-24(22,16-17-25)18-20(26)19-31(28,29)30/h20,25-26H,2-19H2,1H3/p+1. The SMILES string of the molecule is CCCCCCCCCCCCCC(=O)C1=NCC[N+]1(CCO)CC(O)CS(=O)(=O)O. The molecule has 9 heteroatoms. The fourth-order valence-corrected chi connectivity index (χ4v) is 4.99. The Morgan fingerprint density at radius 3 is 2.10 bits per heavy atom. The first-order chi connectivity index (χ1) is 14.7. The van der Waals surface area contributed by atoms with E-state index in [-0.39, 0.29) is 30.0 Å². The molecule has 0 saturated carbocycles. The van der Waals surface area contributed by atoms with Gasteiger partial charge in [-0.15, -0.1) is 0 Å². The van der Waals surface area contributed by atoms with Crippen LogP contribution in [0.25, 0.3) is 0 Å². The zero-order valence-electron chi connectivity index (χ0n) is 19.2. The van der Waals surface area contributed by atoms with Crippen LogP contribution < -0.4 is 0 Å². The summed E-state index contributed by atoms with van der Waals surface area (Å²) in [6, 6.07) is 0. The Bertz CT molecular complexity index is 652. The summed E-state index contributed by atoms with van der Waals surface area (Å²) in [6.07, 6.45) is 12.2. The number of carbonyl (C=O) groups is 1. The molecule has 0 saturated heterocycles. The third kappa shape index (κ3) is 11.5. The van der Waals surface area contributed by atoms with Gasteiger partial charge in [0.25, 0.3) is 16.0 Å². The minimum Gasteiger partial charge on any atom is -0.390 e. The van der Waals surface area contributed by atoms with E-state index >= 15 is 0 Å². The lowest BCUT2D eigenvalue weighted by Crippen LogP contribution is -2.59. The molecule has 0 radical (unpaired) electrons. The van der Waals surface area contributed by atoms with Crippen LogP contribution in [0.15, 0.2) is 4.99 Å². The van der Waals surface area contributed by atoms with Crippen molar-refractivity contribution in [1.82, 2.24) is 0 Å². The second-order valence-corrected chi connectivity index (χ2v) is 10.3. The number of quaternary nitrogens is 1. The molecule has 2 atom stereocenters. The summed E-state index contributed by atoms with van der Waals surface area (Å²) < 4.78 is 31.1. The topological polar surface area (TPSA) is 124 Å². The smallest absolute Gasteiger partial charge is 0.267 e. The minimum absolute atomic E-state index is 0.0238. The second kappa shape index (κ2) is 15.1. The Morgan fingerprint density at radius 1 is 1.03 bits per heavy atom. The molecule has 3 N–H and O–H groups in total. The average Bonchev–Trinajstić information content (AvgIpc) is 3.07. The number of unbranched alkanes of at least 4 members (excludes halogenated alkanes) is 10. The normalized spacial score (nSPS) is 20.1. The highest BCUT2D eigenvalue weighted by molar-refractivity contribution is 7.85. The van der Waals surface area contributed by atoms with Crippen molar-refractivity contribution in [1.29, 1.82) is 0 Å². The zero-order chi connectivity index (χ0) is 23.2. The fourth-order valence-electron chi connectivity index (χ4n) is 4.39. The summed E-state index contributed by atoms with van der Waals surface area (Å²) >= 11 is 0. The van der Waals surface area contributed by atoms with Gasteiger partial charge in [0.1, 0.15) is 31.5 Å². The van der Waals surface area contributed by atoms with E-state index in [9.17, 15) is 23.4 Å². The number of Topliss-reactive ketones (excluding diaryl/α,β-unsaturated/α-hetero) is 1. The molecule has 1 aliphatic rings. The van der Waals surface area contributed by atoms with Crippen LogP contribution in [0.4, 0.5) is 0 Å². The van der Waals surface area contributed by atoms with Crippen molar-refractivity contribution in [2.75, 3.05) is 38.5 Å². The Morgan fingerprint density at radius 2 is 1.58 bits per heavy atom. The Labute approximate surface area is 188 Å². The van der Waals surface area contributed by atoms with Gasteiger partial charge in [0.2, 0.25) is 5.78 Å². The molecule has 31 heavy (non-hydrogen) atoms. The highest BCUT2D eigenvalue weighted by atomic mass is 32.2. The van der Waals surface area contributed by atoms with Crippen LogP contribution in [0.2, 0.25) is 0 Å². The maximum atomic E-state index is 12.8. The number of aliphatic hydroxyl groups is 2. The van der Waals surface area contributed by atoms with Gasteiger partial charge in [0, 0.05) is 6.42 Å². The molecule has 0 bridgehead atoms.